The van der Waals surface area contributed by atoms with E-state index >= 15 is 0 Å². The highest BCUT2D eigenvalue weighted by molar-refractivity contribution is 6.32. The number of hydrogen-bond acceptors (Lipinski definition) is 6. The molecule has 0 aliphatic rings. The van der Waals surface area contributed by atoms with Crippen molar-refractivity contribution in [3.8, 4) is 17.3 Å². The van der Waals surface area contributed by atoms with Crippen LogP contribution in [-0.2, 0) is 13.1 Å². The van der Waals surface area contributed by atoms with Crippen LogP contribution in [0.25, 0.3) is 11.3 Å². The predicted octanol–water partition coefficient (Wildman–Crippen LogP) is 3.27. The van der Waals surface area contributed by atoms with Crippen molar-refractivity contribution >= 4 is 17.5 Å². The van der Waals surface area contributed by atoms with Crippen LogP contribution >= 0.6 is 11.6 Å². The van der Waals surface area contributed by atoms with Crippen molar-refractivity contribution in [2.45, 2.75) is 26.1 Å². The molecule has 0 saturated carbocycles. The van der Waals surface area contributed by atoms with Crippen molar-refractivity contribution in [2.75, 3.05) is 0 Å². The molecule has 1 amide bonds. The molecule has 0 radical (unpaired) electrons. The molecular formula is C21H17ClFN7O2. The lowest BCUT2D eigenvalue weighted by molar-refractivity contribution is 0.0926. The SMILES string of the molecule is CC(Cn1ccc(-c2cc(F)c(C#N)c(Cl)c2)n1)NC(=O)c1cc(Cn2ccnc2)on1. The highest BCUT2D eigenvalue weighted by Crippen LogP contribution is 2.26. The number of carbonyl (C=O) groups excluding carboxylic acids is 1. The van der Waals surface area contributed by atoms with Gasteiger partial charge in [0.05, 0.1) is 30.1 Å². The van der Waals surface area contributed by atoms with Crippen molar-refractivity contribution in [2.24, 2.45) is 0 Å². The summed E-state index contributed by atoms with van der Waals surface area (Å²) in [5.74, 6) is -0.539. The predicted molar refractivity (Wildman–Crippen MR) is 112 cm³/mol. The summed E-state index contributed by atoms with van der Waals surface area (Å²) in [4.78, 5) is 16.4. The maximum atomic E-state index is 14.0. The molecule has 0 aliphatic heterocycles. The lowest BCUT2D eigenvalue weighted by Gasteiger charge is -2.12. The van der Waals surface area contributed by atoms with Crippen LogP contribution in [0.3, 0.4) is 0 Å². The van der Waals surface area contributed by atoms with Crippen molar-refractivity contribution in [1.82, 2.24) is 29.8 Å². The summed E-state index contributed by atoms with van der Waals surface area (Å²) >= 11 is 5.97. The van der Waals surface area contributed by atoms with Crippen LogP contribution in [0.1, 0.15) is 28.7 Å². The standard InChI is InChI=1S/C21H17ClFN7O2/c1-13(26-21(31)20-8-15(32-28-20)11-29-5-3-25-12-29)10-30-4-2-19(27-30)14-6-17(22)16(9-24)18(23)7-14/h2-8,12-13H,10-11H2,1H3,(H,26,31). The molecule has 4 aromatic rings. The molecule has 11 heteroatoms. The first-order valence-corrected chi connectivity index (χ1v) is 9.96. The van der Waals surface area contributed by atoms with Crippen molar-refractivity contribution in [3.63, 3.8) is 0 Å². The minimum Gasteiger partial charge on any atom is -0.359 e. The van der Waals surface area contributed by atoms with Gasteiger partial charge in [-0.25, -0.2) is 9.37 Å². The molecule has 1 atom stereocenters. The lowest BCUT2D eigenvalue weighted by Crippen LogP contribution is -2.36. The van der Waals surface area contributed by atoms with Gasteiger partial charge in [-0.3, -0.25) is 9.48 Å². The summed E-state index contributed by atoms with van der Waals surface area (Å²) < 4.78 is 22.6. The number of benzene rings is 1. The fourth-order valence-corrected chi connectivity index (χ4v) is 3.37. The Labute approximate surface area is 187 Å². The second kappa shape index (κ2) is 9.03. The van der Waals surface area contributed by atoms with Gasteiger partial charge in [-0.05, 0) is 25.1 Å². The van der Waals surface area contributed by atoms with Crippen LogP contribution in [0.15, 0.2) is 53.7 Å². The Morgan fingerprint density at radius 2 is 2.22 bits per heavy atom. The number of nitrogens with one attached hydrogen (secondary N) is 1. The molecule has 9 nitrogen and oxygen atoms in total. The van der Waals surface area contributed by atoms with Gasteiger partial charge in [0.25, 0.3) is 5.91 Å². The highest BCUT2D eigenvalue weighted by Gasteiger charge is 2.17. The van der Waals surface area contributed by atoms with Gasteiger partial charge in [0.15, 0.2) is 11.5 Å². The number of rotatable bonds is 7. The Hall–Kier alpha value is -3.97. The first kappa shape index (κ1) is 21.3. The summed E-state index contributed by atoms with van der Waals surface area (Å²) in [6.07, 6.45) is 6.78. The molecule has 162 valence electrons. The largest absolute Gasteiger partial charge is 0.359 e. The van der Waals surface area contributed by atoms with E-state index in [4.69, 9.17) is 21.4 Å². The number of nitriles is 1. The van der Waals surface area contributed by atoms with Crippen LogP contribution < -0.4 is 5.32 Å². The first-order valence-electron chi connectivity index (χ1n) is 9.58. The number of nitrogens with zero attached hydrogens (tertiary/aromatic N) is 6. The lowest BCUT2D eigenvalue weighted by atomic mass is 10.1. The topological polar surface area (TPSA) is 115 Å². The number of aromatic nitrogens is 5. The highest BCUT2D eigenvalue weighted by atomic mass is 35.5. The zero-order chi connectivity index (χ0) is 22.7. The molecule has 3 heterocycles. The number of amides is 1. The Morgan fingerprint density at radius 3 is 2.94 bits per heavy atom. The molecule has 32 heavy (non-hydrogen) atoms. The zero-order valence-electron chi connectivity index (χ0n) is 16.9. The molecule has 0 saturated heterocycles. The summed E-state index contributed by atoms with van der Waals surface area (Å²) in [6, 6.07) is 7.45. The molecular weight excluding hydrogens is 437 g/mol. The molecule has 4 rings (SSSR count). The minimum absolute atomic E-state index is 0.0256. The van der Waals surface area contributed by atoms with E-state index in [9.17, 15) is 9.18 Å². The molecule has 0 fully saturated rings. The van der Waals surface area contributed by atoms with Crippen LogP contribution in [-0.4, -0.2) is 36.4 Å². The minimum atomic E-state index is -0.704. The second-order valence-corrected chi connectivity index (χ2v) is 7.54. The smallest absolute Gasteiger partial charge is 0.273 e. The summed E-state index contributed by atoms with van der Waals surface area (Å²) in [7, 11) is 0. The Morgan fingerprint density at radius 1 is 1.38 bits per heavy atom. The van der Waals surface area contributed by atoms with Gasteiger partial charge in [-0.2, -0.15) is 10.4 Å². The molecule has 1 aromatic carbocycles. The van der Waals surface area contributed by atoms with Gasteiger partial charge in [0.1, 0.15) is 17.4 Å². The third-order valence-corrected chi connectivity index (χ3v) is 4.92. The number of hydrogen-bond donors (Lipinski definition) is 1. The van der Waals surface area contributed by atoms with Gasteiger partial charge in [-0.15, -0.1) is 0 Å². The molecule has 1 unspecified atom stereocenters. The van der Waals surface area contributed by atoms with Gasteiger partial charge in [-0.1, -0.05) is 16.8 Å². The van der Waals surface area contributed by atoms with E-state index in [2.05, 4.69) is 20.6 Å². The first-order chi connectivity index (χ1) is 15.4. The fourth-order valence-electron chi connectivity index (χ4n) is 3.12. The normalized spacial score (nSPS) is 11.8. The third kappa shape index (κ3) is 4.68. The van der Waals surface area contributed by atoms with E-state index in [1.807, 2.05) is 6.92 Å². The molecule has 0 bridgehead atoms. The number of imidazole rings is 1. The van der Waals surface area contributed by atoms with Crippen LogP contribution in [0.4, 0.5) is 4.39 Å². The van der Waals surface area contributed by atoms with Gasteiger partial charge in [0, 0.05) is 36.3 Å². The maximum Gasteiger partial charge on any atom is 0.273 e. The molecule has 3 aromatic heterocycles. The van der Waals surface area contributed by atoms with Crippen LogP contribution in [0.2, 0.25) is 5.02 Å². The van der Waals surface area contributed by atoms with Gasteiger partial charge < -0.3 is 14.4 Å². The summed E-state index contributed by atoms with van der Waals surface area (Å²) in [5, 5.41) is 20.0. The molecule has 0 spiro atoms. The number of carbonyl (C=O) groups is 1. The maximum absolute atomic E-state index is 14.0. The van der Waals surface area contributed by atoms with E-state index < -0.39 is 5.82 Å². The van der Waals surface area contributed by atoms with Crippen molar-refractivity contribution in [1.29, 1.82) is 5.26 Å². The fraction of sp³-hybridized carbons (Fsp3) is 0.190. The summed E-state index contributed by atoms with van der Waals surface area (Å²) in [6.45, 7) is 2.62. The average Bonchev–Trinajstić information content (AvgIpc) is 3.50. The van der Waals surface area contributed by atoms with Crippen LogP contribution in [0, 0.1) is 17.1 Å². The van der Waals surface area contributed by atoms with E-state index in [0.717, 1.165) is 0 Å². The second-order valence-electron chi connectivity index (χ2n) is 7.14. The third-order valence-electron chi connectivity index (χ3n) is 4.62. The van der Waals surface area contributed by atoms with Gasteiger partial charge >= 0.3 is 0 Å². The molecule has 1 N–H and O–H groups in total. The quantitative estimate of drug-likeness (QED) is 0.459. The van der Waals surface area contributed by atoms with E-state index in [1.165, 1.54) is 12.1 Å². The van der Waals surface area contributed by atoms with Crippen molar-refractivity contribution < 1.29 is 13.7 Å². The Kier molecular flexibility index (Phi) is 6.00. The van der Waals surface area contributed by atoms with Crippen LogP contribution in [0.5, 0.6) is 0 Å². The molecule has 0 aliphatic carbocycles. The number of halogens is 2. The van der Waals surface area contributed by atoms with Crippen molar-refractivity contribution in [3.05, 3.63) is 77.0 Å². The van der Waals surface area contributed by atoms with E-state index in [0.29, 0.717) is 30.1 Å². The zero-order valence-corrected chi connectivity index (χ0v) is 17.6. The Balaban J connectivity index is 1.37. The van der Waals surface area contributed by atoms with E-state index in [1.54, 1.807) is 52.4 Å². The van der Waals surface area contributed by atoms with Gasteiger partial charge in [0.2, 0.25) is 0 Å². The van der Waals surface area contributed by atoms with E-state index in [-0.39, 0.29) is 28.2 Å². The monoisotopic (exact) mass is 453 g/mol. The Bertz CT molecular complexity index is 1270. The average molecular weight is 454 g/mol. The summed E-state index contributed by atoms with van der Waals surface area (Å²) in [5.41, 5.74) is 0.924.